The Morgan fingerprint density at radius 1 is 1.00 bits per heavy atom. The normalized spacial score (nSPS) is 32.9. The number of amides is 1. The van der Waals surface area contributed by atoms with E-state index < -0.39 is 0 Å². The lowest BCUT2D eigenvalue weighted by Crippen LogP contribution is -2.50. The number of hydrogen-bond acceptors (Lipinski definition) is 2. The molecule has 3 N–H and O–H groups in total. The van der Waals surface area contributed by atoms with Crippen LogP contribution < -0.4 is 11.1 Å². The fraction of sp³-hybridized carbons (Fsp3) is 0.917. The monoisotopic (exact) mass is 210 g/mol. The smallest absolute Gasteiger partial charge is 0.223 e. The van der Waals surface area contributed by atoms with E-state index in [9.17, 15) is 4.79 Å². The molecule has 2 aliphatic carbocycles. The minimum Gasteiger partial charge on any atom is -0.352 e. The third kappa shape index (κ3) is 2.71. The molecule has 0 radical (unpaired) electrons. The van der Waals surface area contributed by atoms with Gasteiger partial charge in [-0.15, -0.1) is 0 Å². The van der Waals surface area contributed by atoms with Crippen LogP contribution in [0.3, 0.4) is 0 Å². The molecule has 0 bridgehead atoms. The number of rotatable bonds is 2. The zero-order chi connectivity index (χ0) is 10.7. The van der Waals surface area contributed by atoms with Crippen LogP contribution >= 0.6 is 0 Å². The van der Waals surface area contributed by atoms with Crippen LogP contribution in [0.15, 0.2) is 0 Å². The Kier molecular flexibility index (Phi) is 3.62. The van der Waals surface area contributed by atoms with Crippen molar-refractivity contribution in [3.8, 4) is 0 Å². The van der Waals surface area contributed by atoms with Crippen molar-refractivity contribution >= 4 is 5.91 Å². The van der Waals surface area contributed by atoms with Crippen LogP contribution in [0.5, 0.6) is 0 Å². The fourth-order valence-corrected chi connectivity index (χ4v) is 2.83. The largest absolute Gasteiger partial charge is 0.352 e. The highest BCUT2D eigenvalue weighted by atomic mass is 16.1. The standard InChI is InChI=1S/C12H22N2O/c13-10-7-3-4-8-11(10)14-12(15)9-5-1-2-6-9/h9-11H,1-8,13H2,(H,14,15)/t10-,11-/m1/s1. The molecule has 15 heavy (non-hydrogen) atoms. The Labute approximate surface area is 91.8 Å². The second kappa shape index (κ2) is 4.97. The molecule has 0 unspecified atom stereocenters. The van der Waals surface area contributed by atoms with Gasteiger partial charge >= 0.3 is 0 Å². The first kappa shape index (κ1) is 10.9. The van der Waals surface area contributed by atoms with Crippen molar-refractivity contribution in [2.75, 3.05) is 0 Å². The fourth-order valence-electron chi connectivity index (χ4n) is 2.83. The summed E-state index contributed by atoms with van der Waals surface area (Å²) in [5.74, 6) is 0.536. The van der Waals surface area contributed by atoms with Crippen molar-refractivity contribution in [2.45, 2.75) is 63.5 Å². The van der Waals surface area contributed by atoms with Gasteiger partial charge in [-0.3, -0.25) is 4.79 Å². The molecule has 0 aromatic heterocycles. The van der Waals surface area contributed by atoms with Crippen molar-refractivity contribution in [1.82, 2.24) is 5.32 Å². The Morgan fingerprint density at radius 2 is 1.60 bits per heavy atom. The first-order valence-electron chi connectivity index (χ1n) is 6.33. The molecule has 0 aromatic rings. The maximum Gasteiger partial charge on any atom is 0.223 e. The predicted octanol–water partition coefficient (Wildman–Crippen LogP) is 1.56. The Bertz CT molecular complexity index is 224. The van der Waals surface area contributed by atoms with Gasteiger partial charge in [0.05, 0.1) is 0 Å². The molecule has 0 heterocycles. The molecular formula is C12H22N2O. The van der Waals surface area contributed by atoms with Crippen molar-refractivity contribution in [2.24, 2.45) is 11.7 Å². The number of hydrogen-bond donors (Lipinski definition) is 2. The third-order valence-electron chi connectivity index (χ3n) is 3.87. The summed E-state index contributed by atoms with van der Waals surface area (Å²) in [6.07, 6.45) is 9.15. The van der Waals surface area contributed by atoms with Crippen molar-refractivity contribution in [3.05, 3.63) is 0 Å². The zero-order valence-electron chi connectivity index (χ0n) is 9.37. The average molecular weight is 210 g/mol. The summed E-state index contributed by atoms with van der Waals surface area (Å²) in [6, 6.07) is 0.427. The summed E-state index contributed by atoms with van der Waals surface area (Å²) < 4.78 is 0. The highest BCUT2D eigenvalue weighted by molar-refractivity contribution is 5.79. The number of carbonyl (C=O) groups is 1. The highest BCUT2D eigenvalue weighted by Crippen LogP contribution is 2.25. The Morgan fingerprint density at radius 3 is 2.27 bits per heavy atom. The third-order valence-corrected chi connectivity index (χ3v) is 3.87. The lowest BCUT2D eigenvalue weighted by atomic mass is 9.90. The molecule has 2 atom stereocenters. The summed E-state index contributed by atoms with van der Waals surface area (Å²) in [6.45, 7) is 0. The van der Waals surface area contributed by atoms with E-state index in [1.54, 1.807) is 0 Å². The Balaban J connectivity index is 1.81. The Hall–Kier alpha value is -0.570. The topological polar surface area (TPSA) is 55.1 Å². The lowest BCUT2D eigenvalue weighted by Gasteiger charge is -2.30. The van der Waals surface area contributed by atoms with Gasteiger partial charge in [0.15, 0.2) is 0 Å². The van der Waals surface area contributed by atoms with E-state index in [1.165, 1.54) is 25.7 Å². The van der Waals surface area contributed by atoms with Crippen molar-refractivity contribution in [1.29, 1.82) is 0 Å². The van der Waals surface area contributed by atoms with Crippen LogP contribution in [0.1, 0.15) is 51.4 Å². The first-order valence-corrected chi connectivity index (χ1v) is 6.33. The molecular weight excluding hydrogens is 188 g/mol. The van der Waals surface area contributed by atoms with Crippen LogP contribution in [-0.4, -0.2) is 18.0 Å². The van der Waals surface area contributed by atoms with Crippen molar-refractivity contribution < 1.29 is 4.79 Å². The van der Waals surface area contributed by atoms with E-state index >= 15 is 0 Å². The van der Waals surface area contributed by atoms with Gasteiger partial charge in [-0.25, -0.2) is 0 Å². The molecule has 1 amide bonds. The number of nitrogens with two attached hydrogens (primary N) is 1. The first-order chi connectivity index (χ1) is 7.27. The van der Waals surface area contributed by atoms with Gasteiger partial charge in [0.1, 0.15) is 0 Å². The quantitative estimate of drug-likeness (QED) is 0.726. The summed E-state index contributed by atoms with van der Waals surface area (Å²) in [5.41, 5.74) is 6.01. The lowest BCUT2D eigenvalue weighted by molar-refractivity contribution is -0.125. The SMILES string of the molecule is N[C@@H]1CCCC[C@H]1NC(=O)C1CCCC1. The predicted molar refractivity (Wildman–Crippen MR) is 60.3 cm³/mol. The molecule has 0 aromatic carbocycles. The van der Waals surface area contributed by atoms with E-state index in [0.717, 1.165) is 25.7 Å². The van der Waals surface area contributed by atoms with Gasteiger partial charge in [0, 0.05) is 18.0 Å². The molecule has 86 valence electrons. The molecule has 3 nitrogen and oxygen atoms in total. The van der Waals surface area contributed by atoms with Gasteiger partial charge in [-0.05, 0) is 25.7 Å². The van der Waals surface area contributed by atoms with Crippen LogP contribution in [0.2, 0.25) is 0 Å². The van der Waals surface area contributed by atoms with E-state index in [2.05, 4.69) is 5.32 Å². The van der Waals surface area contributed by atoms with Crippen LogP contribution in [0.4, 0.5) is 0 Å². The maximum atomic E-state index is 11.9. The van der Waals surface area contributed by atoms with Crippen LogP contribution in [0, 0.1) is 5.92 Å². The van der Waals surface area contributed by atoms with E-state index in [0.29, 0.717) is 0 Å². The molecule has 2 rings (SSSR count). The minimum atomic E-state index is 0.184. The van der Waals surface area contributed by atoms with E-state index in [-0.39, 0.29) is 23.9 Å². The summed E-state index contributed by atoms with van der Waals surface area (Å²) >= 11 is 0. The van der Waals surface area contributed by atoms with Gasteiger partial charge in [-0.2, -0.15) is 0 Å². The van der Waals surface area contributed by atoms with Crippen LogP contribution in [-0.2, 0) is 4.79 Å². The second-order valence-corrected chi connectivity index (χ2v) is 5.04. The average Bonchev–Trinajstić information content (AvgIpc) is 2.74. The van der Waals surface area contributed by atoms with Gasteiger partial charge in [0.2, 0.25) is 5.91 Å². The molecule has 0 spiro atoms. The van der Waals surface area contributed by atoms with Gasteiger partial charge < -0.3 is 11.1 Å². The van der Waals surface area contributed by atoms with Crippen molar-refractivity contribution in [3.63, 3.8) is 0 Å². The zero-order valence-corrected chi connectivity index (χ0v) is 9.37. The summed E-state index contributed by atoms with van der Waals surface area (Å²) in [4.78, 5) is 11.9. The molecule has 3 heteroatoms. The molecule has 0 saturated heterocycles. The molecule has 2 aliphatic rings. The second-order valence-electron chi connectivity index (χ2n) is 5.04. The van der Waals surface area contributed by atoms with E-state index in [4.69, 9.17) is 5.73 Å². The maximum absolute atomic E-state index is 11.9. The highest BCUT2D eigenvalue weighted by Gasteiger charge is 2.28. The van der Waals surface area contributed by atoms with Gasteiger partial charge in [0.25, 0.3) is 0 Å². The molecule has 0 aliphatic heterocycles. The van der Waals surface area contributed by atoms with Gasteiger partial charge in [-0.1, -0.05) is 25.7 Å². The van der Waals surface area contributed by atoms with Crippen LogP contribution in [0.25, 0.3) is 0 Å². The molecule has 2 saturated carbocycles. The summed E-state index contributed by atoms with van der Waals surface area (Å²) in [5, 5.41) is 3.15. The molecule has 2 fully saturated rings. The minimum absolute atomic E-state index is 0.184. The number of carbonyl (C=O) groups excluding carboxylic acids is 1. The number of nitrogens with one attached hydrogen (secondary N) is 1. The summed E-state index contributed by atoms with van der Waals surface area (Å²) in [7, 11) is 0. The van der Waals surface area contributed by atoms with E-state index in [1.807, 2.05) is 0 Å².